The topological polar surface area (TPSA) is 49.4 Å². The van der Waals surface area contributed by atoms with Gasteiger partial charge < -0.3 is 5.32 Å². The van der Waals surface area contributed by atoms with Crippen LogP contribution in [0.5, 0.6) is 0 Å². The molecule has 2 aliphatic heterocycles. The Hall–Kier alpha value is -1.55. The summed E-state index contributed by atoms with van der Waals surface area (Å²) in [6.07, 6.45) is 5.47. The number of rotatable bonds is 0. The highest BCUT2D eigenvalue weighted by molar-refractivity contribution is 6.35. The van der Waals surface area contributed by atoms with Gasteiger partial charge in [-0.15, -0.1) is 11.6 Å². The molecule has 0 aromatic heterocycles. The van der Waals surface area contributed by atoms with Crippen molar-refractivity contribution in [3.05, 3.63) is 35.2 Å². The molecule has 0 spiro atoms. The minimum absolute atomic E-state index is 0.117. The number of hydrogen-bond donors (Lipinski definition) is 1. The first kappa shape index (κ1) is 9.66. The van der Waals surface area contributed by atoms with Crippen LogP contribution in [0.25, 0.3) is 0 Å². The van der Waals surface area contributed by atoms with Gasteiger partial charge >= 0.3 is 6.03 Å². The Morgan fingerprint density at radius 2 is 2.19 bits per heavy atom. The van der Waals surface area contributed by atoms with Crippen molar-refractivity contribution in [1.29, 1.82) is 0 Å². The molecular formula is C11H9ClN2O2. The lowest BCUT2D eigenvalue weighted by Crippen LogP contribution is -2.39. The summed E-state index contributed by atoms with van der Waals surface area (Å²) in [7, 11) is 0. The van der Waals surface area contributed by atoms with Gasteiger partial charge in [-0.25, -0.2) is 4.79 Å². The molecule has 2 heterocycles. The zero-order valence-electron chi connectivity index (χ0n) is 8.37. The van der Waals surface area contributed by atoms with E-state index in [2.05, 4.69) is 5.32 Å². The maximum absolute atomic E-state index is 11.6. The average Bonchev–Trinajstić information content (AvgIpc) is 2.68. The van der Waals surface area contributed by atoms with E-state index in [9.17, 15) is 9.59 Å². The van der Waals surface area contributed by atoms with E-state index in [-0.39, 0.29) is 11.8 Å². The molecule has 82 valence electrons. The number of ketones is 1. The number of carbonyl (C=O) groups is 2. The molecule has 1 N–H and O–H groups in total. The van der Waals surface area contributed by atoms with Crippen LogP contribution in [0, 0.1) is 0 Å². The molecule has 1 unspecified atom stereocenters. The van der Waals surface area contributed by atoms with Gasteiger partial charge in [-0.1, -0.05) is 0 Å². The first-order chi connectivity index (χ1) is 7.68. The molecule has 0 saturated carbocycles. The lowest BCUT2D eigenvalue weighted by atomic mass is 10.1. The van der Waals surface area contributed by atoms with Gasteiger partial charge in [-0.3, -0.25) is 9.69 Å². The third kappa shape index (κ3) is 1.16. The van der Waals surface area contributed by atoms with Crippen molar-refractivity contribution in [3.8, 4) is 0 Å². The Morgan fingerprint density at radius 1 is 1.38 bits per heavy atom. The van der Waals surface area contributed by atoms with E-state index in [4.69, 9.17) is 11.6 Å². The van der Waals surface area contributed by atoms with Gasteiger partial charge in [0.05, 0.1) is 5.70 Å². The molecule has 3 rings (SSSR count). The fourth-order valence-corrected chi connectivity index (χ4v) is 2.55. The van der Waals surface area contributed by atoms with E-state index < -0.39 is 5.38 Å². The van der Waals surface area contributed by atoms with Gasteiger partial charge in [-0.2, -0.15) is 0 Å². The fraction of sp³-hybridized carbons (Fsp3) is 0.273. The van der Waals surface area contributed by atoms with E-state index in [1.54, 1.807) is 17.2 Å². The van der Waals surface area contributed by atoms with Crippen molar-refractivity contribution in [1.82, 2.24) is 10.2 Å². The second-order valence-corrected chi connectivity index (χ2v) is 4.36. The third-order valence-corrected chi connectivity index (χ3v) is 3.51. The smallest absolute Gasteiger partial charge is 0.314 e. The highest BCUT2D eigenvalue weighted by Crippen LogP contribution is 2.36. The summed E-state index contributed by atoms with van der Waals surface area (Å²) in [5.41, 5.74) is 2.52. The van der Waals surface area contributed by atoms with Gasteiger partial charge in [0, 0.05) is 18.3 Å². The molecule has 0 aromatic carbocycles. The number of nitrogens with one attached hydrogen (secondary N) is 1. The number of allylic oxidation sites excluding steroid dienone is 2. The van der Waals surface area contributed by atoms with Crippen molar-refractivity contribution >= 4 is 23.4 Å². The van der Waals surface area contributed by atoms with Gasteiger partial charge in [0.25, 0.3) is 0 Å². The Labute approximate surface area is 97.2 Å². The van der Waals surface area contributed by atoms with E-state index >= 15 is 0 Å². The molecule has 0 saturated heterocycles. The SMILES string of the molecule is O=C1C=CC2=CNC(=O)N3CCC(=C23)C1Cl. The van der Waals surface area contributed by atoms with Crippen LogP contribution in [0.1, 0.15) is 6.42 Å². The second-order valence-electron chi connectivity index (χ2n) is 3.92. The average molecular weight is 237 g/mol. The van der Waals surface area contributed by atoms with Crippen LogP contribution in [0.2, 0.25) is 0 Å². The molecule has 0 radical (unpaired) electrons. The van der Waals surface area contributed by atoms with Gasteiger partial charge in [0.15, 0.2) is 5.78 Å². The number of nitrogens with zero attached hydrogens (tertiary/aromatic N) is 1. The van der Waals surface area contributed by atoms with Crippen molar-refractivity contribution in [2.45, 2.75) is 11.8 Å². The number of halogens is 1. The Morgan fingerprint density at radius 3 is 3.00 bits per heavy atom. The van der Waals surface area contributed by atoms with E-state index in [1.165, 1.54) is 6.08 Å². The van der Waals surface area contributed by atoms with E-state index in [1.807, 2.05) is 0 Å². The summed E-state index contributed by atoms with van der Waals surface area (Å²) in [4.78, 5) is 24.9. The Kier molecular flexibility index (Phi) is 1.94. The van der Waals surface area contributed by atoms with Crippen LogP contribution in [0.15, 0.2) is 35.2 Å². The summed E-state index contributed by atoms with van der Waals surface area (Å²) in [6.45, 7) is 0.595. The molecule has 5 heteroatoms. The number of hydrogen-bond acceptors (Lipinski definition) is 2. The summed E-state index contributed by atoms with van der Waals surface area (Å²) in [5, 5.41) is 2.02. The highest BCUT2D eigenvalue weighted by Gasteiger charge is 2.37. The Bertz CT molecular complexity index is 490. The zero-order valence-corrected chi connectivity index (χ0v) is 9.12. The standard InChI is InChI=1S/C11H9ClN2O2/c12-9-7-3-4-14-10(7)6(1-2-8(9)15)5-13-11(14)16/h1-2,5,9H,3-4H2,(H,13,16). The molecule has 4 nitrogen and oxygen atoms in total. The monoisotopic (exact) mass is 236 g/mol. The first-order valence-corrected chi connectivity index (χ1v) is 5.50. The largest absolute Gasteiger partial charge is 0.325 e. The second kappa shape index (κ2) is 3.22. The first-order valence-electron chi connectivity index (χ1n) is 5.06. The number of urea groups is 1. The predicted molar refractivity (Wildman–Crippen MR) is 58.8 cm³/mol. The lowest BCUT2D eigenvalue weighted by Gasteiger charge is -2.25. The Balaban J connectivity index is 2.21. The highest BCUT2D eigenvalue weighted by atomic mass is 35.5. The number of carbonyl (C=O) groups excluding carboxylic acids is 2. The van der Waals surface area contributed by atoms with Gasteiger partial charge in [0.1, 0.15) is 5.38 Å². The van der Waals surface area contributed by atoms with Crippen molar-refractivity contribution in [3.63, 3.8) is 0 Å². The van der Waals surface area contributed by atoms with Crippen LogP contribution in [-0.2, 0) is 4.79 Å². The maximum Gasteiger partial charge on any atom is 0.325 e. The summed E-state index contributed by atoms with van der Waals surface area (Å²) >= 11 is 6.09. The summed E-state index contributed by atoms with van der Waals surface area (Å²) in [6, 6.07) is -0.152. The molecule has 1 atom stereocenters. The number of amides is 2. The molecule has 2 amide bonds. The fourth-order valence-electron chi connectivity index (χ4n) is 2.27. The quantitative estimate of drug-likeness (QED) is 0.645. The van der Waals surface area contributed by atoms with Crippen LogP contribution >= 0.6 is 11.6 Å². The summed E-state index contributed by atoms with van der Waals surface area (Å²) in [5.74, 6) is -0.117. The molecular weight excluding hydrogens is 228 g/mol. The molecule has 0 bridgehead atoms. The van der Waals surface area contributed by atoms with Crippen LogP contribution in [0.3, 0.4) is 0 Å². The maximum atomic E-state index is 11.6. The van der Waals surface area contributed by atoms with Crippen LogP contribution < -0.4 is 5.32 Å². The minimum atomic E-state index is -0.631. The van der Waals surface area contributed by atoms with Gasteiger partial charge in [0.2, 0.25) is 0 Å². The minimum Gasteiger partial charge on any atom is -0.314 e. The number of alkyl halides is 1. The molecule has 16 heavy (non-hydrogen) atoms. The molecule has 3 aliphatic rings. The van der Waals surface area contributed by atoms with Crippen molar-refractivity contribution < 1.29 is 9.59 Å². The lowest BCUT2D eigenvalue weighted by molar-refractivity contribution is -0.113. The van der Waals surface area contributed by atoms with Crippen LogP contribution in [-0.4, -0.2) is 28.6 Å². The van der Waals surface area contributed by atoms with Crippen molar-refractivity contribution in [2.24, 2.45) is 0 Å². The predicted octanol–water partition coefficient (Wildman–Crippen LogP) is 1.30. The summed E-state index contributed by atoms with van der Waals surface area (Å²) < 4.78 is 0. The van der Waals surface area contributed by atoms with E-state index in [0.717, 1.165) is 16.8 Å². The molecule has 0 aromatic rings. The van der Waals surface area contributed by atoms with E-state index in [0.29, 0.717) is 13.0 Å². The van der Waals surface area contributed by atoms with Crippen molar-refractivity contribution in [2.75, 3.05) is 6.54 Å². The molecule has 0 fully saturated rings. The molecule has 1 aliphatic carbocycles. The zero-order chi connectivity index (χ0) is 11.3. The van der Waals surface area contributed by atoms with Gasteiger partial charge in [-0.05, 0) is 24.1 Å². The third-order valence-electron chi connectivity index (χ3n) is 3.03. The van der Waals surface area contributed by atoms with Crippen LogP contribution in [0.4, 0.5) is 4.79 Å². The normalized spacial score (nSPS) is 27.7.